The van der Waals surface area contributed by atoms with Crippen molar-refractivity contribution >= 4 is 17.3 Å². The first-order valence-electron chi connectivity index (χ1n) is 8.09. The molecule has 3 aromatic rings. The van der Waals surface area contributed by atoms with Gasteiger partial charge in [-0.3, -0.25) is 9.59 Å². The van der Waals surface area contributed by atoms with Crippen LogP contribution in [0.1, 0.15) is 31.8 Å². The number of benzene rings is 3. The van der Waals surface area contributed by atoms with Crippen LogP contribution >= 0.6 is 0 Å². The molecule has 0 saturated heterocycles. The van der Waals surface area contributed by atoms with E-state index < -0.39 is 0 Å². The number of hydrogen-bond donors (Lipinski definition) is 0. The van der Waals surface area contributed by atoms with E-state index in [-0.39, 0.29) is 11.6 Å². The van der Waals surface area contributed by atoms with Gasteiger partial charge in [-0.1, -0.05) is 66.7 Å². The lowest BCUT2D eigenvalue weighted by atomic mass is 9.84. The minimum Gasteiger partial charge on any atom is -0.378 e. The van der Waals surface area contributed by atoms with Crippen molar-refractivity contribution < 1.29 is 9.59 Å². The van der Waals surface area contributed by atoms with E-state index in [1.165, 1.54) is 5.69 Å². The monoisotopic (exact) mass is 329 g/mol. The first-order valence-corrected chi connectivity index (χ1v) is 8.09. The average molecular weight is 329 g/mol. The van der Waals surface area contributed by atoms with Gasteiger partial charge in [0.05, 0.1) is 0 Å². The van der Waals surface area contributed by atoms with Crippen molar-refractivity contribution in [2.75, 3.05) is 19.0 Å². The molecular weight excluding hydrogens is 310 g/mol. The molecule has 1 aliphatic carbocycles. The molecule has 0 aromatic heterocycles. The molecule has 0 N–H and O–H groups in total. The molecule has 0 saturated carbocycles. The molecule has 0 fully saturated rings. The van der Waals surface area contributed by atoms with Crippen LogP contribution in [0.5, 0.6) is 0 Å². The maximum absolute atomic E-state index is 12.1. The van der Waals surface area contributed by atoms with Gasteiger partial charge >= 0.3 is 0 Å². The van der Waals surface area contributed by atoms with E-state index in [9.17, 15) is 9.59 Å². The van der Waals surface area contributed by atoms with Crippen LogP contribution in [0.3, 0.4) is 0 Å². The first-order chi connectivity index (χ1) is 12.1. The second-order valence-electron chi connectivity index (χ2n) is 5.98. The summed E-state index contributed by atoms with van der Waals surface area (Å²) in [6.07, 6.45) is 0. The highest BCUT2D eigenvalue weighted by molar-refractivity contribution is 6.28. The lowest BCUT2D eigenvalue weighted by Gasteiger charge is -2.16. The highest BCUT2D eigenvalue weighted by atomic mass is 16.1. The minimum atomic E-state index is -0.0641. The van der Waals surface area contributed by atoms with Crippen LogP contribution in [-0.4, -0.2) is 25.7 Å². The molecule has 0 amide bonds. The summed E-state index contributed by atoms with van der Waals surface area (Å²) in [6.45, 7) is 0. The summed E-state index contributed by atoms with van der Waals surface area (Å²) >= 11 is 0. The number of carbonyl (C=O) groups is 2. The Morgan fingerprint density at radius 1 is 0.520 bits per heavy atom. The Labute approximate surface area is 147 Å². The quantitative estimate of drug-likeness (QED) is 0.525. The Bertz CT molecular complexity index is 809. The van der Waals surface area contributed by atoms with Crippen molar-refractivity contribution in [3.05, 3.63) is 101 Å². The second kappa shape index (κ2) is 7.14. The molecule has 25 heavy (non-hydrogen) atoms. The first kappa shape index (κ1) is 16.7. The van der Waals surface area contributed by atoms with Gasteiger partial charge in [-0.15, -0.1) is 0 Å². The van der Waals surface area contributed by atoms with Crippen molar-refractivity contribution in [2.24, 2.45) is 0 Å². The van der Waals surface area contributed by atoms with Crippen LogP contribution in [0.25, 0.3) is 0 Å². The number of rotatable bonds is 1. The maximum atomic E-state index is 12.1. The molecule has 0 spiro atoms. The van der Waals surface area contributed by atoms with Gasteiger partial charge in [-0.05, 0) is 12.1 Å². The molecule has 124 valence electrons. The normalized spacial score (nSPS) is 11.8. The second-order valence-corrected chi connectivity index (χ2v) is 5.98. The van der Waals surface area contributed by atoms with E-state index in [1.54, 1.807) is 48.5 Å². The molecule has 0 radical (unpaired) electrons. The number of fused-ring (bicyclic) bond motifs is 2. The SMILES string of the molecule is CN(C)c1ccccc1.O=C1c2ccccc2C(=O)c2ccccc21. The lowest BCUT2D eigenvalue weighted by Crippen LogP contribution is -2.20. The van der Waals surface area contributed by atoms with Crippen LogP contribution in [-0.2, 0) is 0 Å². The van der Waals surface area contributed by atoms with E-state index in [0.29, 0.717) is 22.3 Å². The fourth-order valence-corrected chi connectivity index (χ4v) is 2.77. The standard InChI is InChI=1S/C14H8O2.C8H11N/c15-13-9-5-1-2-6-10(9)14(16)12-8-4-3-7-11(12)13;1-9(2)8-6-4-3-5-7-8/h1-8H;3-7H,1-2H3. The van der Waals surface area contributed by atoms with Crippen molar-refractivity contribution in [1.29, 1.82) is 0 Å². The fourth-order valence-electron chi connectivity index (χ4n) is 2.77. The highest BCUT2D eigenvalue weighted by Crippen LogP contribution is 2.26. The predicted molar refractivity (Wildman–Crippen MR) is 101 cm³/mol. The molecule has 0 heterocycles. The zero-order chi connectivity index (χ0) is 17.8. The number of hydrogen-bond acceptors (Lipinski definition) is 3. The molecular formula is C22H19NO2. The Morgan fingerprint density at radius 2 is 0.840 bits per heavy atom. The van der Waals surface area contributed by atoms with Gasteiger partial charge < -0.3 is 4.90 Å². The largest absolute Gasteiger partial charge is 0.378 e. The number of carbonyl (C=O) groups excluding carboxylic acids is 2. The third-order valence-corrected chi connectivity index (χ3v) is 4.11. The smallest absolute Gasteiger partial charge is 0.194 e. The Balaban J connectivity index is 0.000000173. The summed E-state index contributed by atoms with van der Waals surface area (Å²) in [6, 6.07) is 24.2. The van der Waals surface area contributed by atoms with Crippen LogP contribution in [0, 0.1) is 0 Å². The molecule has 1 aliphatic rings. The molecule has 0 bridgehead atoms. The Kier molecular flexibility index (Phi) is 4.75. The summed E-state index contributed by atoms with van der Waals surface area (Å²) in [5.41, 5.74) is 3.27. The zero-order valence-electron chi connectivity index (χ0n) is 14.3. The summed E-state index contributed by atoms with van der Waals surface area (Å²) in [5, 5.41) is 0. The lowest BCUT2D eigenvalue weighted by molar-refractivity contribution is 0.0979. The van der Waals surface area contributed by atoms with Gasteiger partial charge in [0.1, 0.15) is 0 Å². The minimum absolute atomic E-state index is 0.0641. The summed E-state index contributed by atoms with van der Waals surface area (Å²) in [5.74, 6) is -0.128. The fraction of sp³-hybridized carbons (Fsp3) is 0.0909. The molecule has 3 heteroatoms. The van der Waals surface area contributed by atoms with Crippen LogP contribution in [0.4, 0.5) is 5.69 Å². The predicted octanol–water partition coefficient (Wildman–Crippen LogP) is 4.21. The van der Waals surface area contributed by atoms with Gasteiger partial charge in [0.25, 0.3) is 0 Å². The van der Waals surface area contributed by atoms with Gasteiger partial charge in [0.2, 0.25) is 0 Å². The number of anilines is 1. The Morgan fingerprint density at radius 3 is 1.12 bits per heavy atom. The van der Waals surface area contributed by atoms with Crippen LogP contribution in [0.15, 0.2) is 78.9 Å². The van der Waals surface area contributed by atoms with E-state index in [2.05, 4.69) is 17.0 Å². The van der Waals surface area contributed by atoms with E-state index >= 15 is 0 Å². The molecule has 0 atom stereocenters. The summed E-state index contributed by atoms with van der Waals surface area (Å²) in [7, 11) is 4.07. The number of nitrogens with zero attached hydrogens (tertiary/aromatic N) is 1. The van der Waals surface area contributed by atoms with Crippen LogP contribution < -0.4 is 4.90 Å². The van der Waals surface area contributed by atoms with Crippen molar-refractivity contribution in [2.45, 2.75) is 0 Å². The van der Waals surface area contributed by atoms with E-state index in [4.69, 9.17) is 0 Å². The maximum Gasteiger partial charge on any atom is 0.194 e. The average Bonchev–Trinajstić information content (AvgIpc) is 2.67. The number of para-hydroxylation sites is 1. The van der Waals surface area contributed by atoms with E-state index in [0.717, 1.165) is 0 Å². The molecule has 3 aromatic carbocycles. The molecule has 0 unspecified atom stereocenters. The van der Waals surface area contributed by atoms with Crippen molar-refractivity contribution in [1.82, 2.24) is 0 Å². The highest BCUT2D eigenvalue weighted by Gasteiger charge is 2.28. The Hall–Kier alpha value is -3.20. The van der Waals surface area contributed by atoms with Gasteiger partial charge in [0.15, 0.2) is 11.6 Å². The number of ketones is 2. The molecule has 3 nitrogen and oxygen atoms in total. The van der Waals surface area contributed by atoms with E-state index in [1.807, 2.05) is 32.3 Å². The summed E-state index contributed by atoms with van der Waals surface area (Å²) < 4.78 is 0. The van der Waals surface area contributed by atoms with Crippen molar-refractivity contribution in [3.63, 3.8) is 0 Å². The van der Waals surface area contributed by atoms with Crippen molar-refractivity contribution in [3.8, 4) is 0 Å². The van der Waals surface area contributed by atoms with Gasteiger partial charge in [0, 0.05) is 42.0 Å². The zero-order valence-corrected chi connectivity index (χ0v) is 14.3. The molecule has 0 aliphatic heterocycles. The van der Waals surface area contributed by atoms with Gasteiger partial charge in [-0.2, -0.15) is 0 Å². The van der Waals surface area contributed by atoms with Gasteiger partial charge in [-0.25, -0.2) is 0 Å². The third kappa shape index (κ3) is 3.36. The van der Waals surface area contributed by atoms with Crippen LogP contribution in [0.2, 0.25) is 0 Å². The third-order valence-electron chi connectivity index (χ3n) is 4.11. The molecule has 4 rings (SSSR count). The summed E-state index contributed by atoms with van der Waals surface area (Å²) in [4.78, 5) is 26.3. The topological polar surface area (TPSA) is 37.4 Å².